The molecule has 1 saturated carbocycles. The van der Waals surface area contributed by atoms with Crippen LogP contribution in [0.4, 0.5) is 29.3 Å². The van der Waals surface area contributed by atoms with Gasteiger partial charge in [-0.3, -0.25) is 4.79 Å². The molecule has 6 rings (SSSR count). The lowest BCUT2D eigenvalue weighted by molar-refractivity contribution is -0.274. The summed E-state index contributed by atoms with van der Waals surface area (Å²) in [6.07, 6.45) is -3.28. The second kappa shape index (κ2) is 15.2. The molecule has 1 aliphatic carbocycles. The molecular formula is C39H46F3N3O7. The number of nitrogens with zero attached hydrogens (tertiary/aromatic N) is 3. The van der Waals surface area contributed by atoms with Crippen molar-refractivity contribution in [3.63, 3.8) is 0 Å². The largest absolute Gasteiger partial charge is 0.573 e. The lowest BCUT2D eigenvalue weighted by Gasteiger charge is -2.41. The molecule has 52 heavy (non-hydrogen) atoms. The first-order valence-corrected chi connectivity index (χ1v) is 17.7. The van der Waals surface area contributed by atoms with Crippen molar-refractivity contribution in [2.75, 3.05) is 49.8 Å². The van der Waals surface area contributed by atoms with Crippen molar-refractivity contribution >= 4 is 23.4 Å². The molecular weight excluding hydrogens is 679 g/mol. The number of piperidine rings is 1. The molecule has 3 aliphatic rings. The Kier molecular flexibility index (Phi) is 10.9. The van der Waals surface area contributed by atoms with E-state index in [9.17, 15) is 27.9 Å². The first-order valence-electron chi connectivity index (χ1n) is 17.7. The van der Waals surface area contributed by atoms with E-state index in [-0.39, 0.29) is 36.8 Å². The predicted octanol–water partition coefficient (Wildman–Crippen LogP) is 7.34. The second-order valence-electron chi connectivity index (χ2n) is 14.5. The average Bonchev–Trinajstić information content (AvgIpc) is 3.93. The maximum atomic E-state index is 15.0. The van der Waals surface area contributed by atoms with Gasteiger partial charge in [0.2, 0.25) is 5.91 Å². The number of carbonyl (C=O) groups is 2. The number of methoxy groups -OCH3 is 1. The van der Waals surface area contributed by atoms with Crippen molar-refractivity contribution < 1.29 is 46.8 Å². The summed E-state index contributed by atoms with van der Waals surface area (Å²) in [7, 11) is 1.63. The smallest absolute Gasteiger partial charge is 0.487 e. The number of hydrogen-bond donors (Lipinski definition) is 1. The van der Waals surface area contributed by atoms with Crippen LogP contribution in [0, 0.1) is 5.92 Å². The molecule has 1 saturated heterocycles. The summed E-state index contributed by atoms with van der Waals surface area (Å²) in [6.45, 7) is 7.13. The van der Waals surface area contributed by atoms with Crippen molar-refractivity contribution in [3.8, 4) is 22.6 Å². The zero-order chi connectivity index (χ0) is 37.2. The van der Waals surface area contributed by atoms with Gasteiger partial charge in [-0.1, -0.05) is 36.4 Å². The Bertz CT molecular complexity index is 1730. The standard InChI is InChI=1S/C39H46F3N3O7/c1-38(2,3)52-37(48)43-19-17-31(27-8-5-7-26(21-27)25-9-14-30(15-10-25)51-39(40,41)42)32(23-43)36(47)45(28-11-12-28)29-13-16-34-33(22-29)44(18-6-20-49-4)35(46)24-50-34/h5,7-10,13-16,21-22,28,31-32,35,46H,6,11-12,17-20,23-24H2,1-4H3/t31-,32+,35?/m1/s1. The number of benzene rings is 3. The van der Waals surface area contributed by atoms with E-state index in [1.807, 2.05) is 52.3 Å². The maximum absolute atomic E-state index is 15.0. The van der Waals surface area contributed by atoms with Crippen LogP contribution in [0.1, 0.15) is 57.9 Å². The van der Waals surface area contributed by atoms with Gasteiger partial charge in [-0.05, 0) is 99.4 Å². The molecule has 1 N–H and O–H groups in total. The summed E-state index contributed by atoms with van der Waals surface area (Å²) < 4.78 is 59.1. The van der Waals surface area contributed by atoms with Gasteiger partial charge >= 0.3 is 12.5 Å². The van der Waals surface area contributed by atoms with Crippen LogP contribution in [-0.2, 0) is 14.3 Å². The summed E-state index contributed by atoms with van der Waals surface area (Å²) in [5.74, 6) is -0.711. The number of hydrogen-bond acceptors (Lipinski definition) is 8. The minimum atomic E-state index is -4.79. The third-order valence-electron chi connectivity index (χ3n) is 9.49. The van der Waals surface area contributed by atoms with Crippen LogP contribution >= 0.6 is 0 Å². The number of halogens is 3. The maximum Gasteiger partial charge on any atom is 0.573 e. The van der Waals surface area contributed by atoms with Crippen LogP contribution in [0.15, 0.2) is 66.7 Å². The van der Waals surface area contributed by atoms with Gasteiger partial charge in [-0.15, -0.1) is 13.2 Å². The molecule has 10 nitrogen and oxygen atoms in total. The van der Waals surface area contributed by atoms with Gasteiger partial charge in [0.25, 0.3) is 0 Å². The highest BCUT2D eigenvalue weighted by atomic mass is 19.4. The van der Waals surface area contributed by atoms with Crippen LogP contribution in [0.3, 0.4) is 0 Å². The van der Waals surface area contributed by atoms with E-state index in [1.165, 1.54) is 12.1 Å². The SMILES string of the molecule is COCCCN1c2cc(N(C(=O)[C@H]3CN(C(=O)OC(C)(C)C)CC[C@@H]3c3cccc(-c4ccc(OC(F)(F)F)cc4)c3)C3CC3)ccc2OCC1O. The number of rotatable bonds is 10. The molecule has 2 amide bonds. The number of alkyl halides is 3. The van der Waals surface area contributed by atoms with E-state index in [0.717, 1.165) is 24.0 Å². The number of ether oxygens (including phenoxy) is 4. The summed E-state index contributed by atoms with van der Waals surface area (Å²) >= 11 is 0. The summed E-state index contributed by atoms with van der Waals surface area (Å²) in [4.78, 5) is 33.6. The van der Waals surface area contributed by atoms with Crippen molar-refractivity contribution in [3.05, 3.63) is 72.3 Å². The number of aliphatic hydroxyl groups excluding tert-OH is 1. The molecule has 3 aromatic rings. The fraction of sp³-hybridized carbons (Fsp3) is 0.487. The van der Waals surface area contributed by atoms with Crippen LogP contribution < -0.4 is 19.3 Å². The van der Waals surface area contributed by atoms with Crippen molar-refractivity contribution in [1.82, 2.24) is 4.90 Å². The molecule has 1 unspecified atom stereocenters. The first kappa shape index (κ1) is 37.3. The third-order valence-corrected chi connectivity index (χ3v) is 9.49. The molecule has 0 aromatic heterocycles. The van der Waals surface area contributed by atoms with E-state index < -0.39 is 30.2 Å². The van der Waals surface area contributed by atoms with Gasteiger partial charge in [0.1, 0.15) is 23.7 Å². The van der Waals surface area contributed by atoms with Crippen LogP contribution in [0.25, 0.3) is 11.1 Å². The molecule has 3 atom stereocenters. The normalized spacial score (nSPS) is 20.5. The second-order valence-corrected chi connectivity index (χ2v) is 14.5. The highest BCUT2D eigenvalue weighted by Crippen LogP contribution is 2.43. The number of aliphatic hydroxyl groups is 1. The van der Waals surface area contributed by atoms with Crippen LogP contribution in [0.5, 0.6) is 11.5 Å². The number of likely N-dealkylation sites (tertiary alicyclic amines) is 1. The van der Waals surface area contributed by atoms with E-state index in [1.54, 1.807) is 44.9 Å². The lowest BCUT2D eigenvalue weighted by Crippen LogP contribution is -2.51. The lowest BCUT2D eigenvalue weighted by atomic mass is 9.78. The van der Waals surface area contributed by atoms with Crippen molar-refractivity contribution in [1.29, 1.82) is 0 Å². The van der Waals surface area contributed by atoms with Crippen molar-refractivity contribution in [2.24, 2.45) is 5.92 Å². The highest BCUT2D eigenvalue weighted by molar-refractivity contribution is 5.98. The molecule has 2 aliphatic heterocycles. The predicted molar refractivity (Wildman–Crippen MR) is 190 cm³/mol. The number of fused-ring (bicyclic) bond motifs is 1. The minimum Gasteiger partial charge on any atom is -0.487 e. The Balaban J connectivity index is 1.33. The first-order chi connectivity index (χ1) is 24.7. The quantitative estimate of drug-likeness (QED) is 0.217. The van der Waals surface area contributed by atoms with Gasteiger partial charge < -0.3 is 38.8 Å². The third kappa shape index (κ3) is 8.92. The average molecular weight is 726 g/mol. The van der Waals surface area contributed by atoms with Gasteiger partial charge in [0, 0.05) is 45.1 Å². The Morgan fingerprint density at radius 3 is 2.40 bits per heavy atom. The molecule has 0 spiro atoms. The topological polar surface area (TPSA) is 101 Å². The molecule has 0 radical (unpaired) electrons. The number of carbonyl (C=O) groups excluding carboxylic acids is 2. The zero-order valence-electron chi connectivity index (χ0n) is 29.9. The van der Waals surface area contributed by atoms with Gasteiger partial charge in [-0.25, -0.2) is 4.79 Å². The van der Waals surface area contributed by atoms with Crippen LogP contribution in [-0.4, -0.2) is 86.2 Å². The molecule has 13 heteroatoms. The van der Waals surface area contributed by atoms with Crippen molar-refractivity contribution in [2.45, 2.75) is 76.6 Å². The van der Waals surface area contributed by atoms with Gasteiger partial charge in [0.15, 0.2) is 6.23 Å². The van der Waals surface area contributed by atoms with E-state index in [2.05, 4.69) is 4.74 Å². The fourth-order valence-corrected chi connectivity index (χ4v) is 6.99. The summed E-state index contributed by atoms with van der Waals surface area (Å²) in [6, 6.07) is 18.9. The minimum absolute atomic E-state index is 0.0248. The fourth-order valence-electron chi connectivity index (χ4n) is 6.99. The van der Waals surface area contributed by atoms with E-state index in [0.29, 0.717) is 55.2 Å². The molecule has 0 bridgehead atoms. The number of amides is 2. The van der Waals surface area contributed by atoms with Gasteiger partial charge in [0.05, 0.1) is 11.6 Å². The molecule has 2 heterocycles. The Morgan fingerprint density at radius 2 is 1.73 bits per heavy atom. The Labute approximate surface area is 302 Å². The van der Waals surface area contributed by atoms with Crippen LogP contribution in [0.2, 0.25) is 0 Å². The van der Waals surface area contributed by atoms with Gasteiger partial charge in [-0.2, -0.15) is 0 Å². The number of anilines is 2. The summed E-state index contributed by atoms with van der Waals surface area (Å²) in [5, 5.41) is 10.8. The van der Waals surface area contributed by atoms with E-state index >= 15 is 0 Å². The Hall–Kier alpha value is -4.49. The zero-order valence-corrected chi connectivity index (χ0v) is 29.9. The van der Waals surface area contributed by atoms with E-state index in [4.69, 9.17) is 14.2 Å². The summed E-state index contributed by atoms with van der Waals surface area (Å²) in [5.41, 5.74) is 3.02. The molecule has 2 fully saturated rings. The highest BCUT2D eigenvalue weighted by Gasteiger charge is 2.44. The molecule has 3 aromatic carbocycles. The Morgan fingerprint density at radius 1 is 0.981 bits per heavy atom. The molecule has 280 valence electrons. The monoisotopic (exact) mass is 725 g/mol.